The lowest BCUT2D eigenvalue weighted by atomic mass is 10.1. The molecule has 0 bridgehead atoms. The predicted octanol–water partition coefficient (Wildman–Crippen LogP) is 1.74. The van der Waals surface area contributed by atoms with Crippen LogP contribution < -0.4 is 0 Å². The van der Waals surface area contributed by atoms with Gasteiger partial charge in [0.2, 0.25) is 0 Å². The summed E-state index contributed by atoms with van der Waals surface area (Å²) in [5.74, 6) is 0.866. The van der Waals surface area contributed by atoms with Gasteiger partial charge in [-0.2, -0.15) is 0 Å². The zero-order valence-electron chi connectivity index (χ0n) is 7.44. The van der Waals surface area contributed by atoms with Gasteiger partial charge in [0, 0.05) is 5.92 Å². The lowest BCUT2D eigenvalue weighted by Crippen LogP contribution is -2.38. The summed E-state index contributed by atoms with van der Waals surface area (Å²) in [7, 11) is 6.73. The van der Waals surface area contributed by atoms with E-state index in [2.05, 4.69) is 35.0 Å². The highest BCUT2D eigenvalue weighted by molar-refractivity contribution is 4.44. The smallest absolute Gasteiger partial charge is 0.0806 e. The molecule has 0 saturated carbocycles. The first-order valence-electron chi connectivity index (χ1n) is 3.76. The van der Waals surface area contributed by atoms with Crippen LogP contribution in [0.3, 0.4) is 0 Å². The summed E-state index contributed by atoms with van der Waals surface area (Å²) in [5, 5.41) is 0. The minimum atomic E-state index is 0.866. The van der Waals surface area contributed by atoms with Gasteiger partial charge in [-0.1, -0.05) is 13.8 Å². The lowest BCUT2D eigenvalue weighted by molar-refractivity contribution is -0.873. The molecule has 1 nitrogen and oxygen atoms in total. The SMILES string of the molecule is CCC(C)C[N+](C)(C)C. The minimum absolute atomic E-state index is 0.866. The molecule has 0 aliphatic rings. The molecular formula is C8H20N+. The largest absolute Gasteiger partial charge is 0.331 e. The van der Waals surface area contributed by atoms with Crippen molar-refractivity contribution >= 4 is 0 Å². The molecule has 0 fully saturated rings. The van der Waals surface area contributed by atoms with Crippen LogP contribution in [0.4, 0.5) is 0 Å². The predicted molar refractivity (Wildman–Crippen MR) is 42.4 cm³/mol. The molecule has 0 aliphatic carbocycles. The monoisotopic (exact) mass is 130 g/mol. The summed E-state index contributed by atoms with van der Waals surface area (Å²) in [5.41, 5.74) is 0. The van der Waals surface area contributed by atoms with E-state index in [4.69, 9.17) is 0 Å². The number of hydrogen-bond acceptors (Lipinski definition) is 0. The summed E-state index contributed by atoms with van der Waals surface area (Å²) in [6, 6.07) is 0. The first-order chi connectivity index (χ1) is 3.95. The van der Waals surface area contributed by atoms with Gasteiger partial charge in [0.1, 0.15) is 0 Å². The molecule has 0 N–H and O–H groups in total. The first kappa shape index (κ1) is 8.96. The second-order valence-electron chi connectivity index (χ2n) is 3.99. The van der Waals surface area contributed by atoms with Gasteiger partial charge in [0.05, 0.1) is 27.7 Å². The Bertz CT molecular complexity index is 71.1. The van der Waals surface area contributed by atoms with Crippen molar-refractivity contribution in [3.63, 3.8) is 0 Å². The Morgan fingerprint density at radius 1 is 1.22 bits per heavy atom. The Labute approximate surface area is 59.3 Å². The van der Waals surface area contributed by atoms with Gasteiger partial charge in [-0.25, -0.2) is 0 Å². The highest BCUT2D eigenvalue weighted by Gasteiger charge is 2.10. The summed E-state index contributed by atoms with van der Waals surface area (Å²) < 4.78 is 1.09. The van der Waals surface area contributed by atoms with E-state index < -0.39 is 0 Å². The van der Waals surface area contributed by atoms with Crippen LogP contribution in [-0.2, 0) is 0 Å². The highest BCUT2D eigenvalue weighted by atomic mass is 15.3. The van der Waals surface area contributed by atoms with Crippen molar-refractivity contribution in [3.8, 4) is 0 Å². The maximum Gasteiger partial charge on any atom is 0.0806 e. The molecule has 0 aromatic rings. The van der Waals surface area contributed by atoms with E-state index in [9.17, 15) is 0 Å². The minimum Gasteiger partial charge on any atom is -0.331 e. The number of rotatable bonds is 3. The van der Waals surface area contributed by atoms with Gasteiger partial charge in [-0.3, -0.25) is 0 Å². The van der Waals surface area contributed by atoms with E-state index in [1.165, 1.54) is 13.0 Å². The van der Waals surface area contributed by atoms with Gasteiger partial charge in [-0.05, 0) is 6.42 Å². The van der Waals surface area contributed by atoms with Crippen molar-refractivity contribution in [2.24, 2.45) is 5.92 Å². The fourth-order valence-electron chi connectivity index (χ4n) is 1.06. The molecule has 1 atom stereocenters. The van der Waals surface area contributed by atoms with Crippen molar-refractivity contribution in [2.75, 3.05) is 27.7 Å². The highest BCUT2D eigenvalue weighted by Crippen LogP contribution is 2.04. The van der Waals surface area contributed by atoms with Gasteiger partial charge in [0.15, 0.2) is 0 Å². The van der Waals surface area contributed by atoms with Crippen molar-refractivity contribution in [1.29, 1.82) is 0 Å². The Balaban J connectivity index is 3.47. The van der Waals surface area contributed by atoms with Crippen LogP contribution in [0.5, 0.6) is 0 Å². The second-order valence-corrected chi connectivity index (χ2v) is 3.99. The van der Waals surface area contributed by atoms with Crippen molar-refractivity contribution < 1.29 is 4.48 Å². The van der Waals surface area contributed by atoms with Crippen LogP contribution >= 0.6 is 0 Å². The van der Waals surface area contributed by atoms with Gasteiger partial charge in [-0.15, -0.1) is 0 Å². The van der Waals surface area contributed by atoms with Gasteiger partial charge in [0.25, 0.3) is 0 Å². The summed E-state index contributed by atoms with van der Waals surface area (Å²) in [4.78, 5) is 0. The Hall–Kier alpha value is -0.0400. The van der Waals surface area contributed by atoms with E-state index in [1.807, 2.05) is 0 Å². The van der Waals surface area contributed by atoms with E-state index in [1.54, 1.807) is 0 Å². The van der Waals surface area contributed by atoms with Crippen molar-refractivity contribution in [2.45, 2.75) is 20.3 Å². The van der Waals surface area contributed by atoms with E-state index in [0.29, 0.717) is 0 Å². The van der Waals surface area contributed by atoms with Crippen LogP contribution in [-0.4, -0.2) is 32.2 Å². The summed E-state index contributed by atoms with van der Waals surface area (Å²) in [6.07, 6.45) is 1.30. The molecule has 0 spiro atoms. The molecule has 0 aliphatic heterocycles. The third kappa shape index (κ3) is 5.84. The Morgan fingerprint density at radius 3 is 1.78 bits per heavy atom. The fourth-order valence-corrected chi connectivity index (χ4v) is 1.06. The number of nitrogens with zero attached hydrogens (tertiary/aromatic N) is 1. The molecule has 0 aromatic heterocycles. The van der Waals surface area contributed by atoms with Crippen LogP contribution in [0.2, 0.25) is 0 Å². The van der Waals surface area contributed by atoms with Crippen LogP contribution in [0.15, 0.2) is 0 Å². The first-order valence-corrected chi connectivity index (χ1v) is 3.76. The van der Waals surface area contributed by atoms with Gasteiger partial charge >= 0.3 is 0 Å². The maximum atomic E-state index is 2.31. The second kappa shape index (κ2) is 3.21. The Morgan fingerprint density at radius 2 is 1.67 bits per heavy atom. The molecule has 56 valence electrons. The summed E-state index contributed by atoms with van der Waals surface area (Å²) in [6.45, 7) is 5.85. The van der Waals surface area contributed by atoms with Crippen molar-refractivity contribution in [1.82, 2.24) is 0 Å². The normalized spacial score (nSPS) is 15.7. The third-order valence-electron chi connectivity index (χ3n) is 1.56. The average Bonchev–Trinajstić information content (AvgIpc) is 1.62. The molecule has 1 unspecified atom stereocenters. The lowest BCUT2D eigenvalue weighted by Gasteiger charge is -2.26. The quantitative estimate of drug-likeness (QED) is 0.510. The molecule has 0 radical (unpaired) electrons. The molecule has 0 saturated heterocycles. The molecule has 0 heterocycles. The van der Waals surface area contributed by atoms with E-state index in [0.717, 1.165) is 10.4 Å². The van der Waals surface area contributed by atoms with Crippen LogP contribution in [0.25, 0.3) is 0 Å². The topological polar surface area (TPSA) is 0 Å². The molecule has 0 rings (SSSR count). The van der Waals surface area contributed by atoms with Crippen LogP contribution in [0.1, 0.15) is 20.3 Å². The maximum absolute atomic E-state index is 2.31. The fraction of sp³-hybridized carbons (Fsp3) is 1.00. The molecule has 0 amide bonds. The molecule has 1 heteroatoms. The standard InChI is InChI=1S/C8H20N/c1-6-8(2)7-9(3,4)5/h8H,6-7H2,1-5H3/q+1. The van der Waals surface area contributed by atoms with Crippen LogP contribution in [0, 0.1) is 5.92 Å². The molecule has 9 heavy (non-hydrogen) atoms. The van der Waals surface area contributed by atoms with Crippen molar-refractivity contribution in [3.05, 3.63) is 0 Å². The third-order valence-corrected chi connectivity index (χ3v) is 1.56. The molecular weight excluding hydrogens is 110 g/mol. The number of quaternary nitrogens is 1. The summed E-state index contributed by atoms with van der Waals surface area (Å²) >= 11 is 0. The average molecular weight is 130 g/mol. The zero-order valence-corrected chi connectivity index (χ0v) is 7.44. The Kier molecular flexibility index (Phi) is 3.20. The van der Waals surface area contributed by atoms with E-state index in [-0.39, 0.29) is 0 Å². The number of hydrogen-bond donors (Lipinski definition) is 0. The van der Waals surface area contributed by atoms with Gasteiger partial charge < -0.3 is 4.48 Å². The molecule has 0 aromatic carbocycles. The van der Waals surface area contributed by atoms with E-state index >= 15 is 0 Å². The zero-order chi connectivity index (χ0) is 7.49.